The average Bonchev–Trinajstić information content (AvgIpc) is 3.18. The third kappa shape index (κ3) is 5.35. The van der Waals surface area contributed by atoms with Crippen molar-refractivity contribution in [3.63, 3.8) is 0 Å². The first-order valence-electron chi connectivity index (χ1n) is 12.1. The number of nitrogen functional groups attached to an aromatic ring is 1. The van der Waals surface area contributed by atoms with E-state index in [1.54, 1.807) is 10.7 Å². The van der Waals surface area contributed by atoms with Gasteiger partial charge in [0.05, 0.1) is 18.0 Å². The lowest BCUT2D eigenvalue weighted by atomic mass is 10.1. The summed E-state index contributed by atoms with van der Waals surface area (Å²) >= 11 is 0. The topological polar surface area (TPSA) is 97.7 Å². The molecule has 4 heterocycles. The Kier molecular flexibility index (Phi) is 7.27. The zero-order valence-electron chi connectivity index (χ0n) is 20.3. The van der Waals surface area contributed by atoms with Crippen LogP contribution in [0.2, 0.25) is 0 Å². The average molecular weight is 453 g/mol. The molecule has 9 nitrogen and oxygen atoms in total. The normalized spacial score (nSPS) is 15.8. The summed E-state index contributed by atoms with van der Waals surface area (Å²) < 4.78 is 7.61. The molecule has 0 aliphatic carbocycles. The van der Waals surface area contributed by atoms with E-state index in [-0.39, 0.29) is 12.1 Å². The molecule has 0 radical (unpaired) electrons. The Hall–Kier alpha value is -2.94. The van der Waals surface area contributed by atoms with Gasteiger partial charge in [-0.15, -0.1) is 5.10 Å². The summed E-state index contributed by atoms with van der Waals surface area (Å²) in [5, 5.41) is 4.56. The number of rotatable bonds is 9. The largest absolute Gasteiger partial charge is 0.459 e. The highest BCUT2D eigenvalue weighted by Gasteiger charge is 2.19. The van der Waals surface area contributed by atoms with Gasteiger partial charge in [0.25, 0.3) is 0 Å². The van der Waals surface area contributed by atoms with Gasteiger partial charge in [0.2, 0.25) is 0 Å². The number of imidazole rings is 1. The molecule has 1 fully saturated rings. The molecule has 2 N–H and O–H groups in total. The Morgan fingerprint density at radius 3 is 2.58 bits per heavy atom. The van der Waals surface area contributed by atoms with Crippen molar-refractivity contribution in [2.45, 2.75) is 59.5 Å². The summed E-state index contributed by atoms with van der Waals surface area (Å²) in [6.45, 7) is 13.9. The van der Waals surface area contributed by atoms with Crippen molar-refractivity contribution < 1.29 is 4.74 Å². The van der Waals surface area contributed by atoms with E-state index >= 15 is 0 Å². The molecule has 0 bridgehead atoms. The molecule has 1 aliphatic rings. The SMILES string of the molecule is CCC[C@H](C)Oc1nc(N)c2ncc(Cc3cnc(N4CCN(CCC)CC4)c(C)c3)n2n1. The van der Waals surface area contributed by atoms with Crippen molar-refractivity contribution in [3.05, 3.63) is 35.3 Å². The second-order valence-corrected chi connectivity index (χ2v) is 8.97. The molecule has 3 aromatic heterocycles. The molecule has 4 rings (SSSR count). The Morgan fingerprint density at radius 1 is 1.09 bits per heavy atom. The van der Waals surface area contributed by atoms with E-state index < -0.39 is 0 Å². The highest BCUT2D eigenvalue weighted by molar-refractivity contribution is 5.60. The van der Waals surface area contributed by atoms with Gasteiger partial charge in [-0.1, -0.05) is 26.3 Å². The molecule has 3 aromatic rings. The molecule has 0 amide bonds. The number of hydrogen-bond donors (Lipinski definition) is 1. The molecule has 1 aliphatic heterocycles. The van der Waals surface area contributed by atoms with Crippen LogP contribution in [0.5, 0.6) is 6.01 Å². The quantitative estimate of drug-likeness (QED) is 0.529. The third-order valence-corrected chi connectivity index (χ3v) is 6.15. The van der Waals surface area contributed by atoms with Gasteiger partial charge in [-0.2, -0.15) is 4.98 Å². The summed E-state index contributed by atoms with van der Waals surface area (Å²) in [6, 6.07) is 2.50. The van der Waals surface area contributed by atoms with E-state index in [9.17, 15) is 0 Å². The smallest absolute Gasteiger partial charge is 0.336 e. The van der Waals surface area contributed by atoms with Gasteiger partial charge in [-0.3, -0.25) is 4.90 Å². The van der Waals surface area contributed by atoms with Crippen LogP contribution in [0, 0.1) is 6.92 Å². The van der Waals surface area contributed by atoms with E-state index in [1.807, 2.05) is 13.1 Å². The van der Waals surface area contributed by atoms with Gasteiger partial charge in [0.1, 0.15) is 5.82 Å². The molecule has 1 atom stereocenters. The van der Waals surface area contributed by atoms with Crippen LogP contribution in [0.4, 0.5) is 11.6 Å². The molecule has 1 saturated heterocycles. The number of nitrogens with two attached hydrogens (primary N) is 1. The van der Waals surface area contributed by atoms with Crippen LogP contribution in [-0.2, 0) is 6.42 Å². The maximum Gasteiger partial charge on any atom is 0.336 e. The lowest BCUT2D eigenvalue weighted by molar-refractivity contribution is 0.189. The summed E-state index contributed by atoms with van der Waals surface area (Å²) in [7, 11) is 0. The number of anilines is 2. The van der Waals surface area contributed by atoms with Crippen molar-refractivity contribution in [3.8, 4) is 6.01 Å². The lowest BCUT2D eigenvalue weighted by Crippen LogP contribution is -2.47. The number of aryl methyl sites for hydroxylation is 1. The molecule has 0 saturated carbocycles. The van der Waals surface area contributed by atoms with Crippen LogP contribution >= 0.6 is 0 Å². The van der Waals surface area contributed by atoms with Crippen LogP contribution in [0.25, 0.3) is 5.65 Å². The molecule has 0 aromatic carbocycles. The fourth-order valence-electron chi connectivity index (χ4n) is 4.51. The fourth-order valence-corrected chi connectivity index (χ4v) is 4.51. The van der Waals surface area contributed by atoms with Crippen molar-refractivity contribution in [2.24, 2.45) is 0 Å². The van der Waals surface area contributed by atoms with Crippen LogP contribution in [0.1, 0.15) is 56.9 Å². The maximum atomic E-state index is 6.13. The van der Waals surface area contributed by atoms with Gasteiger partial charge in [0, 0.05) is 38.8 Å². The Balaban J connectivity index is 1.50. The van der Waals surface area contributed by atoms with Gasteiger partial charge < -0.3 is 15.4 Å². The van der Waals surface area contributed by atoms with Crippen LogP contribution in [-0.4, -0.2) is 68.3 Å². The highest BCUT2D eigenvalue weighted by atomic mass is 16.5. The van der Waals surface area contributed by atoms with E-state index in [2.05, 4.69) is 51.7 Å². The molecule has 0 unspecified atom stereocenters. The van der Waals surface area contributed by atoms with Gasteiger partial charge in [-0.25, -0.2) is 14.5 Å². The molecular weight excluding hydrogens is 416 g/mol. The number of piperazine rings is 1. The first kappa shape index (κ1) is 23.2. The van der Waals surface area contributed by atoms with Crippen LogP contribution in [0.15, 0.2) is 18.5 Å². The predicted octanol–water partition coefficient (Wildman–Crippen LogP) is 3.10. The monoisotopic (exact) mass is 452 g/mol. The summed E-state index contributed by atoms with van der Waals surface area (Å²) in [6.07, 6.45) is 7.62. The van der Waals surface area contributed by atoms with Crippen molar-refractivity contribution in [2.75, 3.05) is 43.4 Å². The highest BCUT2D eigenvalue weighted by Crippen LogP contribution is 2.22. The first-order valence-corrected chi connectivity index (χ1v) is 12.1. The van der Waals surface area contributed by atoms with E-state index in [0.717, 1.165) is 56.1 Å². The first-order chi connectivity index (χ1) is 16.0. The van der Waals surface area contributed by atoms with Gasteiger partial charge >= 0.3 is 6.01 Å². The van der Waals surface area contributed by atoms with Crippen molar-refractivity contribution in [1.29, 1.82) is 0 Å². The Labute approximate surface area is 196 Å². The minimum atomic E-state index is 0.0297. The zero-order chi connectivity index (χ0) is 23.4. The zero-order valence-corrected chi connectivity index (χ0v) is 20.3. The number of aromatic nitrogens is 5. The third-order valence-electron chi connectivity index (χ3n) is 6.15. The lowest BCUT2D eigenvalue weighted by Gasteiger charge is -2.36. The molecular formula is C24H36N8O. The van der Waals surface area contributed by atoms with Gasteiger partial charge in [-0.05, 0) is 44.4 Å². The fraction of sp³-hybridized carbons (Fsp3) is 0.583. The number of nitrogens with zero attached hydrogens (tertiary/aromatic N) is 7. The van der Waals surface area contributed by atoms with Crippen LogP contribution < -0.4 is 15.4 Å². The van der Waals surface area contributed by atoms with Crippen LogP contribution in [0.3, 0.4) is 0 Å². The molecule has 178 valence electrons. The number of pyridine rings is 1. The number of hydrogen-bond acceptors (Lipinski definition) is 8. The number of ether oxygens (including phenoxy) is 1. The van der Waals surface area contributed by atoms with Gasteiger partial charge in [0.15, 0.2) is 11.5 Å². The van der Waals surface area contributed by atoms with E-state index in [4.69, 9.17) is 15.5 Å². The summed E-state index contributed by atoms with van der Waals surface area (Å²) in [4.78, 5) is 18.5. The summed E-state index contributed by atoms with van der Waals surface area (Å²) in [5.41, 5.74) is 9.91. The van der Waals surface area contributed by atoms with Crippen molar-refractivity contribution in [1.82, 2.24) is 29.5 Å². The second-order valence-electron chi connectivity index (χ2n) is 8.97. The molecule has 33 heavy (non-hydrogen) atoms. The minimum Gasteiger partial charge on any atom is -0.459 e. The van der Waals surface area contributed by atoms with Crippen molar-refractivity contribution >= 4 is 17.3 Å². The standard InChI is InChI=1S/C24H36N8O/c1-5-7-18(4)33-24-28-21(25)23-27-16-20(32(23)29-24)14-19-13-17(3)22(26-15-19)31-11-9-30(8-6-2)10-12-31/h13,15-16,18H,5-12,14H2,1-4H3,(H2,25,28,29)/t18-/m0/s1. The van der Waals surface area contributed by atoms with E-state index in [1.165, 1.54) is 18.5 Å². The predicted molar refractivity (Wildman–Crippen MR) is 131 cm³/mol. The maximum absolute atomic E-state index is 6.13. The minimum absolute atomic E-state index is 0.0297. The molecule has 9 heteroatoms. The Bertz CT molecular complexity index is 1070. The van der Waals surface area contributed by atoms with E-state index in [0.29, 0.717) is 17.9 Å². The summed E-state index contributed by atoms with van der Waals surface area (Å²) in [5.74, 6) is 1.40. The second kappa shape index (κ2) is 10.3. The Morgan fingerprint density at radius 2 is 1.88 bits per heavy atom. The number of fused-ring (bicyclic) bond motifs is 1. The molecule has 0 spiro atoms.